The van der Waals surface area contributed by atoms with Crippen molar-refractivity contribution in [2.24, 2.45) is 5.41 Å². The number of nitrogens with zero attached hydrogens (tertiary/aromatic N) is 1. The first-order valence-corrected chi connectivity index (χ1v) is 6.59. The van der Waals surface area contributed by atoms with E-state index in [0.29, 0.717) is 5.41 Å². The summed E-state index contributed by atoms with van der Waals surface area (Å²) in [4.78, 5) is 2.63. The van der Waals surface area contributed by atoms with Gasteiger partial charge in [-0.1, -0.05) is 32.9 Å². The summed E-state index contributed by atoms with van der Waals surface area (Å²) in [5.41, 5.74) is 2.00. The lowest BCUT2D eigenvalue weighted by molar-refractivity contribution is 0.234. The van der Waals surface area contributed by atoms with Crippen LogP contribution in [0.1, 0.15) is 52.9 Å². The van der Waals surface area contributed by atoms with Crippen molar-refractivity contribution in [3.8, 4) is 0 Å². The Kier molecular flexibility index (Phi) is 4.85. The molecule has 15 heavy (non-hydrogen) atoms. The molecular weight excluding hydrogens is 182 g/mol. The van der Waals surface area contributed by atoms with Crippen molar-refractivity contribution < 1.29 is 0 Å². The normalized spacial score (nSPS) is 18.1. The van der Waals surface area contributed by atoms with Gasteiger partial charge in [0.1, 0.15) is 0 Å². The molecule has 0 saturated heterocycles. The Hall–Kier alpha value is -0.300. The van der Waals surface area contributed by atoms with E-state index in [1.54, 1.807) is 0 Å². The fourth-order valence-electron chi connectivity index (χ4n) is 2.48. The Morgan fingerprint density at radius 3 is 2.00 bits per heavy atom. The first kappa shape index (κ1) is 12.8. The molecule has 0 aromatic carbocycles. The summed E-state index contributed by atoms with van der Waals surface area (Å²) in [7, 11) is 0. The molecule has 1 fully saturated rings. The predicted molar refractivity (Wildman–Crippen MR) is 68.1 cm³/mol. The Bertz CT molecular complexity index is 197. The van der Waals surface area contributed by atoms with E-state index in [9.17, 15) is 0 Å². The summed E-state index contributed by atoms with van der Waals surface area (Å²) in [6, 6.07) is 0. The summed E-state index contributed by atoms with van der Waals surface area (Å²) >= 11 is 0. The van der Waals surface area contributed by atoms with E-state index in [2.05, 4.69) is 32.3 Å². The second-order valence-corrected chi connectivity index (χ2v) is 5.01. The maximum atomic E-state index is 4.25. The molecular formula is C14H27N. The van der Waals surface area contributed by atoms with E-state index in [-0.39, 0.29) is 0 Å². The number of hydrogen-bond acceptors (Lipinski definition) is 1. The molecule has 0 radical (unpaired) electrons. The van der Waals surface area contributed by atoms with Crippen LogP contribution in [-0.2, 0) is 0 Å². The van der Waals surface area contributed by atoms with Gasteiger partial charge in [0.25, 0.3) is 0 Å². The lowest BCUT2D eigenvalue weighted by Crippen LogP contribution is -2.32. The average Bonchev–Trinajstić information content (AvgIpc) is 2.98. The first-order chi connectivity index (χ1) is 7.18. The van der Waals surface area contributed by atoms with Crippen LogP contribution in [0.4, 0.5) is 0 Å². The van der Waals surface area contributed by atoms with Gasteiger partial charge in [0.05, 0.1) is 0 Å². The zero-order valence-corrected chi connectivity index (χ0v) is 10.8. The van der Waals surface area contributed by atoms with Crippen molar-refractivity contribution in [1.82, 2.24) is 4.90 Å². The monoisotopic (exact) mass is 209 g/mol. The van der Waals surface area contributed by atoms with E-state index >= 15 is 0 Å². The second kappa shape index (κ2) is 5.69. The number of hydrogen-bond donors (Lipinski definition) is 0. The molecule has 0 aromatic heterocycles. The highest BCUT2D eigenvalue weighted by molar-refractivity contribution is 5.19. The van der Waals surface area contributed by atoms with Crippen LogP contribution in [0.25, 0.3) is 0 Å². The van der Waals surface area contributed by atoms with E-state index in [0.717, 1.165) is 6.42 Å². The molecule has 0 spiro atoms. The third-order valence-electron chi connectivity index (χ3n) is 3.64. The molecule has 1 heteroatoms. The molecule has 88 valence electrons. The van der Waals surface area contributed by atoms with E-state index in [4.69, 9.17) is 0 Å². The van der Waals surface area contributed by atoms with E-state index in [1.807, 2.05) is 0 Å². The molecule has 0 N–H and O–H groups in total. The molecule has 0 heterocycles. The summed E-state index contributed by atoms with van der Waals surface area (Å²) in [5, 5.41) is 0. The summed E-state index contributed by atoms with van der Waals surface area (Å²) in [6.45, 7) is 14.8. The van der Waals surface area contributed by atoms with Crippen molar-refractivity contribution in [1.29, 1.82) is 0 Å². The SMILES string of the molecule is C=C(CC)C1(CN(CCC)CCC)CC1. The molecule has 1 nitrogen and oxygen atoms in total. The molecule has 0 bridgehead atoms. The van der Waals surface area contributed by atoms with Gasteiger partial charge in [0.2, 0.25) is 0 Å². The Morgan fingerprint density at radius 1 is 1.13 bits per heavy atom. The fraction of sp³-hybridized carbons (Fsp3) is 0.857. The maximum Gasteiger partial charge on any atom is 0.00753 e. The Labute approximate surface area is 95.5 Å². The molecule has 0 aromatic rings. The molecule has 0 amide bonds. The molecule has 1 rings (SSSR count). The van der Waals surface area contributed by atoms with Crippen LogP contribution in [0.5, 0.6) is 0 Å². The third-order valence-corrected chi connectivity index (χ3v) is 3.64. The highest BCUT2D eigenvalue weighted by atomic mass is 15.1. The molecule has 1 saturated carbocycles. The lowest BCUT2D eigenvalue weighted by Gasteiger charge is -2.28. The maximum absolute atomic E-state index is 4.25. The van der Waals surface area contributed by atoms with E-state index < -0.39 is 0 Å². The van der Waals surface area contributed by atoms with Gasteiger partial charge in [-0.25, -0.2) is 0 Å². The van der Waals surface area contributed by atoms with Gasteiger partial charge in [-0.3, -0.25) is 0 Å². The zero-order valence-electron chi connectivity index (χ0n) is 10.8. The second-order valence-electron chi connectivity index (χ2n) is 5.01. The van der Waals surface area contributed by atoms with Gasteiger partial charge in [0.15, 0.2) is 0 Å². The highest BCUT2D eigenvalue weighted by Gasteiger charge is 2.44. The van der Waals surface area contributed by atoms with Crippen molar-refractivity contribution in [3.05, 3.63) is 12.2 Å². The summed E-state index contributed by atoms with van der Waals surface area (Å²) in [5.74, 6) is 0. The van der Waals surface area contributed by atoms with Crippen LogP contribution in [0.2, 0.25) is 0 Å². The van der Waals surface area contributed by atoms with Crippen LogP contribution < -0.4 is 0 Å². The minimum absolute atomic E-state index is 0.513. The minimum Gasteiger partial charge on any atom is -0.302 e. The Balaban J connectivity index is 2.46. The van der Waals surface area contributed by atoms with E-state index in [1.165, 1.54) is 50.9 Å². The topological polar surface area (TPSA) is 3.24 Å². The standard InChI is InChI=1S/C14H27N/c1-5-10-15(11-6-2)12-14(8-9-14)13(4)7-3/h4-12H2,1-3H3. The third kappa shape index (κ3) is 3.34. The summed E-state index contributed by atoms with van der Waals surface area (Å²) < 4.78 is 0. The fourth-order valence-corrected chi connectivity index (χ4v) is 2.48. The van der Waals surface area contributed by atoms with Crippen molar-refractivity contribution in [3.63, 3.8) is 0 Å². The average molecular weight is 209 g/mol. The first-order valence-electron chi connectivity index (χ1n) is 6.59. The Morgan fingerprint density at radius 2 is 1.67 bits per heavy atom. The van der Waals surface area contributed by atoms with Gasteiger partial charge < -0.3 is 4.90 Å². The minimum atomic E-state index is 0.513. The largest absolute Gasteiger partial charge is 0.302 e. The highest BCUT2D eigenvalue weighted by Crippen LogP contribution is 2.52. The lowest BCUT2D eigenvalue weighted by atomic mass is 9.94. The molecule has 0 aliphatic heterocycles. The van der Waals surface area contributed by atoms with Crippen LogP contribution in [0, 0.1) is 5.41 Å². The van der Waals surface area contributed by atoms with Crippen molar-refractivity contribution >= 4 is 0 Å². The molecule has 0 unspecified atom stereocenters. The molecule has 1 aliphatic carbocycles. The van der Waals surface area contributed by atoms with Crippen molar-refractivity contribution in [2.45, 2.75) is 52.9 Å². The smallest absolute Gasteiger partial charge is 0.00753 e. The number of rotatable bonds is 8. The van der Waals surface area contributed by atoms with Gasteiger partial charge in [-0.2, -0.15) is 0 Å². The van der Waals surface area contributed by atoms with Crippen LogP contribution in [0.3, 0.4) is 0 Å². The predicted octanol–water partition coefficient (Wildman–Crippen LogP) is 3.85. The van der Waals surface area contributed by atoms with Crippen LogP contribution in [0.15, 0.2) is 12.2 Å². The molecule has 1 aliphatic rings. The van der Waals surface area contributed by atoms with Gasteiger partial charge in [-0.05, 0) is 45.2 Å². The van der Waals surface area contributed by atoms with Gasteiger partial charge in [-0.15, -0.1) is 0 Å². The van der Waals surface area contributed by atoms with Crippen molar-refractivity contribution in [2.75, 3.05) is 19.6 Å². The van der Waals surface area contributed by atoms with Gasteiger partial charge >= 0.3 is 0 Å². The van der Waals surface area contributed by atoms with Crippen LogP contribution >= 0.6 is 0 Å². The quantitative estimate of drug-likeness (QED) is 0.549. The van der Waals surface area contributed by atoms with Gasteiger partial charge in [0, 0.05) is 12.0 Å². The van der Waals surface area contributed by atoms with Crippen LogP contribution in [-0.4, -0.2) is 24.5 Å². The zero-order chi connectivity index (χ0) is 11.3. The molecule has 0 atom stereocenters. The summed E-state index contributed by atoms with van der Waals surface area (Å²) in [6.07, 6.45) is 6.46.